The Morgan fingerprint density at radius 1 is 1.12 bits per heavy atom. The van der Waals surface area contributed by atoms with Crippen molar-refractivity contribution in [2.45, 2.75) is 57.2 Å². The fourth-order valence-corrected chi connectivity index (χ4v) is 7.72. The smallest absolute Gasteiger partial charge is 0.416 e. The number of nitrogens with one attached hydrogen (secondary N) is 2. The second-order valence-electron chi connectivity index (χ2n) is 11.8. The molecule has 4 aliphatic carbocycles. The van der Waals surface area contributed by atoms with E-state index in [-0.39, 0.29) is 29.3 Å². The van der Waals surface area contributed by atoms with Gasteiger partial charge < -0.3 is 20.1 Å². The van der Waals surface area contributed by atoms with Crippen LogP contribution in [0.25, 0.3) is 10.9 Å². The monoisotopic (exact) mass is 553 g/mol. The summed E-state index contributed by atoms with van der Waals surface area (Å²) >= 11 is 0. The minimum absolute atomic E-state index is 0.0458. The number of aryl methyl sites for hydroxylation is 1. The highest BCUT2D eigenvalue weighted by molar-refractivity contribution is 5.93. The zero-order valence-corrected chi connectivity index (χ0v) is 22.7. The molecular formula is C31H34F3N3O3. The number of ether oxygens (including phenoxy) is 2. The Bertz CT molecular complexity index is 1440. The number of aromatic nitrogens is 1. The van der Waals surface area contributed by atoms with Gasteiger partial charge in [0.25, 0.3) is 0 Å². The van der Waals surface area contributed by atoms with E-state index >= 15 is 0 Å². The van der Waals surface area contributed by atoms with Gasteiger partial charge in [0, 0.05) is 34.1 Å². The number of anilines is 2. The Hall–Kier alpha value is -3.33. The molecule has 0 amide bonds. The first kappa shape index (κ1) is 26.9. The predicted molar refractivity (Wildman–Crippen MR) is 147 cm³/mol. The predicted octanol–water partition coefficient (Wildman–Crippen LogP) is 6.79. The van der Waals surface area contributed by atoms with Crippen LogP contribution in [0.1, 0.15) is 49.8 Å². The number of halogens is 3. The molecule has 0 radical (unpaired) electrons. The maximum Gasteiger partial charge on any atom is 0.416 e. The maximum atomic E-state index is 13.8. The molecule has 4 bridgehead atoms. The van der Waals surface area contributed by atoms with Crippen molar-refractivity contribution in [3.63, 3.8) is 0 Å². The lowest BCUT2D eigenvalue weighted by Crippen LogP contribution is -2.49. The number of carbonyl (C=O) groups excluding carboxylic acids is 1. The fraction of sp³-hybridized carbons (Fsp3) is 0.484. The third-order valence-corrected chi connectivity index (χ3v) is 9.07. The summed E-state index contributed by atoms with van der Waals surface area (Å²) in [6, 6.07) is 13.1. The zero-order chi connectivity index (χ0) is 28.1. The number of methoxy groups -OCH3 is 1. The Morgan fingerprint density at radius 3 is 2.75 bits per heavy atom. The topological polar surface area (TPSA) is 72.5 Å². The van der Waals surface area contributed by atoms with Crippen LogP contribution in [0, 0.1) is 24.2 Å². The number of fused-ring (bicyclic) bond motifs is 1. The van der Waals surface area contributed by atoms with E-state index in [1.54, 1.807) is 6.07 Å². The second kappa shape index (κ2) is 9.94. The Morgan fingerprint density at radius 2 is 1.95 bits per heavy atom. The van der Waals surface area contributed by atoms with E-state index in [2.05, 4.69) is 15.6 Å². The summed E-state index contributed by atoms with van der Waals surface area (Å²) in [5, 5.41) is 7.70. The van der Waals surface area contributed by atoms with E-state index in [1.807, 2.05) is 37.3 Å². The van der Waals surface area contributed by atoms with Crippen LogP contribution in [-0.4, -0.2) is 36.8 Å². The molecule has 4 fully saturated rings. The normalized spacial score (nSPS) is 26.8. The van der Waals surface area contributed by atoms with E-state index < -0.39 is 11.7 Å². The lowest BCUT2D eigenvalue weighted by Gasteiger charge is -2.39. The molecule has 2 N–H and O–H groups in total. The van der Waals surface area contributed by atoms with Gasteiger partial charge in [-0.15, -0.1) is 0 Å². The van der Waals surface area contributed by atoms with Gasteiger partial charge in [-0.2, -0.15) is 13.2 Å². The second-order valence-corrected chi connectivity index (χ2v) is 11.8. The van der Waals surface area contributed by atoms with Gasteiger partial charge in [0.2, 0.25) is 0 Å². The molecule has 1 heterocycles. The van der Waals surface area contributed by atoms with E-state index in [1.165, 1.54) is 7.11 Å². The van der Waals surface area contributed by atoms with E-state index in [0.29, 0.717) is 36.2 Å². The maximum absolute atomic E-state index is 13.8. The standard InChI is InChI=1S/C31H34F3N3O3/c1-19-10-27(25-6-3-4-7-26(25)36-19)37-23-12-21(31(32,33)34)13-24(14-23)40-9-5-8-35-30-16-20-11-22(30)17-29(15-20,18-30)28(38)39-2/h3-4,6-7,10,12-14,20,22,35H,5,8-9,11,15-18H2,1-2H3,(H,36,37). The van der Waals surface area contributed by atoms with Crippen molar-refractivity contribution in [1.29, 1.82) is 0 Å². The number of rotatable bonds is 9. The number of nitrogens with zero attached hydrogens (tertiary/aromatic N) is 1. The van der Waals surface area contributed by atoms with Crippen LogP contribution in [0.15, 0.2) is 48.5 Å². The number of pyridine rings is 1. The molecule has 4 saturated carbocycles. The van der Waals surface area contributed by atoms with Gasteiger partial charge in [0.05, 0.1) is 30.2 Å². The average molecular weight is 554 g/mol. The first-order valence-electron chi connectivity index (χ1n) is 13.9. The molecule has 0 saturated heterocycles. The summed E-state index contributed by atoms with van der Waals surface area (Å²) in [4.78, 5) is 17.1. The summed E-state index contributed by atoms with van der Waals surface area (Å²) in [5.74, 6) is 1.10. The number of hydrogen-bond acceptors (Lipinski definition) is 6. The van der Waals surface area contributed by atoms with Crippen LogP contribution in [0.4, 0.5) is 24.5 Å². The van der Waals surface area contributed by atoms with Crippen molar-refractivity contribution < 1.29 is 27.4 Å². The molecule has 0 spiro atoms. The van der Waals surface area contributed by atoms with Crippen LogP contribution in [0.5, 0.6) is 5.75 Å². The molecule has 40 heavy (non-hydrogen) atoms. The van der Waals surface area contributed by atoms with Crippen molar-refractivity contribution in [1.82, 2.24) is 10.3 Å². The molecule has 1 aromatic heterocycles. The number of benzene rings is 2. The lowest BCUT2D eigenvalue weighted by atomic mass is 9.68. The summed E-state index contributed by atoms with van der Waals surface area (Å²) in [7, 11) is 1.47. The van der Waals surface area contributed by atoms with Gasteiger partial charge >= 0.3 is 12.1 Å². The molecule has 9 heteroatoms. The fourth-order valence-electron chi connectivity index (χ4n) is 7.72. The number of hydrogen-bond donors (Lipinski definition) is 2. The minimum Gasteiger partial charge on any atom is -0.493 e. The van der Waals surface area contributed by atoms with Gasteiger partial charge in [-0.3, -0.25) is 9.78 Å². The summed E-state index contributed by atoms with van der Waals surface area (Å²) in [5.41, 5.74) is 1.33. The molecule has 7 rings (SSSR count). The highest BCUT2D eigenvalue weighted by atomic mass is 19.4. The molecule has 4 aliphatic rings. The van der Waals surface area contributed by atoms with Crippen LogP contribution >= 0.6 is 0 Å². The van der Waals surface area contributed by atoms with Crippen LogP contribution in [0.2, 0.25) is 0 Å². The molecule has 3 aromatic rings. The average Bonchev–Trinajstić information content (AvgIpc) is 3.28. The van der Waals surface area contributed by atoms with Gasteiger partial charge in [0.1, 0.15) is 5.75 Å². The SMILES string of the molecule is COC(=O)C12CC3CC(C1)C(NCCCOc1cc(Nc4cc(C)nc5ccccc45)cc(C(F)(F)F)c1)(C3)C2. The summed E-state index contributed by atoms with van der Waals surface area (Å²) < 4.78 is 52.3. The zero-order valence-electron chi connectivity index (χ0n) is 22.7. The highest BCUT2D eigenvalue weighted by Crippen LogP contribution is 2.66. The van der Waals surface area contributed by atoms with Gasteiger partial charge in [-0.1, -0.05) is 18.2 Å². The van der Waals surface area contributed by atoms with Crippen molar-refractivity contribution in [2.24, 2.45) is 17.3 Å². The molecule has 6 nitrogen and oxygen atoms in total. The van der Waals surface area contributed by atoms with Gasteiger partial charge in [0.15, 0.2) is 0 Å². The third-order valence-electron chi connectivity index (χ3n) is 9.07. The summed E-state index contributed by atoms with van der Waals surface area (Å²) in [6.45, 7) is 2.80. The van der Waals surface area contributed by atoms with Crippen molar-refractivity contribution in [2.75, 3.05) is 25.6 Å². The molecule has 4 atom stereocenters. The highest BCUT2D eigenvalue weighted by Gasteiger charge is 2.66. The van der Waals surface area contributed by atoms with Crippen molar-refractivity contribution in [3.05, 3.63) is 59.8 Å². The molecule has 4 unspecified atom stereocenters. The number of para-hydroxylation sites is 1. The molecule has 2 aromatic carbocycles. The van der Waals surface area contributed by atoms with Gasteiger partial charge in [-0.05, 0) is 88.1 Å². The van der Waals surface area contributed by atoms with Crippen molar-refractivity contribution in [3.8, 4) is 5.75 Å². The van der Waals surface area contributed by atoms with Crippen LogP contribution < -0.4 is 15.4 Å². The number of carbonyl (C=O) groups is 1. The molecule has 0 aliphatic heterocycles. The van der Waals surface area contributed by atoms with E-state index in [9.17, 15) is 18.0 Å². The molecular weight excluding hydrogens is 519 g/mol. The van der Waals surface area contributed by atoms with E-state index in [4.69, 9.17) is 9.47 Å². The first-order valence-corrected chi connectivity index (χ1v) is 13.9. The number of alkyl halides is 3. The summed E-state index contributed by atoms with van der Waals surface area (Å²) in [6.07, 6.45) is 0.953. The van der Waals surface area contributed by atoms with Crippen molar-refractivity contribution >= 4 is 28.2 Å². The Balaban J connectivity index is 1.12. The van der Waals surface area contributed by atoms with E-state index in [0.717, 1.165) is 60.8 Å². The van der Waals surface area contributed by atoms with Gasteiger partial charge in [-0.25, -0.2) is 0 Å². The Labute approximate surface area is 231 Å². The lowest BCUT2D eigenvalue weighted by molar-refractivity contribution is -0.156. The van der Waals surface area contributed by atoms with Crippen LogP contribution in [-0.2, 0) is 15.7 Å². The Kier molecular flexibility index (Phi) is 6.68. The van der Waals surface area contributed by atoms with Crippen LogP contribution in [0.3, 0.4) is 0 Å². The molecule has 212 valence electrons. The third kappa shape index (κ3) is 4.89. The quantitative estimate of drug-likeness (QED) is 0.225. The number of esters is 1. The minimum atomic E-state index is -4.51. The first-order chi connectivity index (χ1) is 19.1. The largest absolute Gasteiger partial charge is 0.493 e.